The number of halogens is 6. The average molecular weight is 849 g/mol. The van der Waals surface area contributed by atoms with Gasteiger partial charge in [0.2, 0.25) is 0 Å². The number of rotatable bonds is 8. The molecule has 1 atom stereocenters. The number of benzene rings is 3. The third-order valence-electron chi connectivity index (χ3n) is 6.63. The van der Waals surface area contributed by atoms with E-state index in [2.05, 4.69) is 20.9 Å². The van der Waals surface area contributed by atoms with Gasteiger partial charge in [0.05, 0.1) is 35.7 Å². The van der Waals surface area contributed by atoms with E-state index in [9.17, 15) is 32.9 Å². The number of nitrogens with zero attached hydrogens (tertiary/aromatic N) is 3. The van der Waals surface area contributed by atoms with E-state index in [1.807, 2.05) is 22.6 Å². The van der Waals surface area contributed by atoms with Gasteiger partial charge in [-0.25, -0.2) is 9.79 Å². The predicted molar refractivity (Wildman–Crippen MR) is 177 cm³/mol. The number of carbonyl (C=O) groups excluding carboxylic acids is 1. The molecule has 3 aromatic carbocycles. The fourth-order valence-corrected chi connectivity index (χ4v) is 7.52. The molecule has 0 bridgehead atoms. The van der Waals surface area contributed by atoms with Gasteiger partial charge < -0.3 is 9.47 Å². The fraction of sp³-hybridized carbons (Fsp3) is 0.167. The molecular weight excluding hydrogens is 830 g/mol. The Hall–Kier alpha value is -3.54. The molecule has 5 rings (SSSR count). The summed E-state index contributed by atoms with van der Waals surface area (Å²) in [5.41, 5.74) is -1.49. The van der Waals surface area contributed by atoms with Gasteiger partial charge in [-0.1, -0.05) is 35.1 Å². The van der Waals surface area contributed by atoms with Gasteiger partial charge in [0.1, 0.15) is 12.4 Å². The second-order valence-corrected chi connectivity index (χ2v) is 13.1. The van der Waals surface area contributed by atoms with Crippen LogP contribution in [0.25, 0.3) is 6.08 Å². The van der Waals surface area contributed by atoms with Gasteiger partial charge >= 0.3 is 12.1 Å². The van der Waals surface area contributed by atoms with Crippen molar-refractivity contribution in [2.75, 3.05) is 6.61 Å². The van der Waals surface area contributed by atoms with Crippen LogP contribution in [0.4, 0.5) is 18.9 Å². The molecule has 0 N–H and O–H groups in total. The van der Waals surface area contributed by atoms with Crippen LogP contribution in [-0.4, -0.2) is 28.2 Å². The number of thiazole rings is 1. The first-order valence-corrected chi connectivity index (χ1v) is 16.3. The van der Waals surface area contributed by atoms with Crippen LogP contribution in [0, 0.1) is 13.7 Å². The molecule has 0 unspecified atom stereocenters. The van der Waals surface area contributed by atoms with Crippen LogP contribution in [0.3, 0.4) is 0 Å². The number of allylic oxidation sites excluding steroid dienone is 1. The summed E-state index contributed by atoms with van der Waals surface area (Å²) in [6.45, 7) is 1.40. The number of non-ortho nitro benzene ring substituents is 1. The Kier molecular flexibility index (Phi) is 10.0. The zero-order valence-corrected chi connectivity index (χ0v) is 28.6. The number of alkyl halides is 3. The first-order chi connectivity index (χ1) is 21.8. The maximum Gasteiger partial charge on any atom is 0.434 e. The number of ether oxygens (including phenoxy) is 2. The Bertz CT molecular complexity index is 2040. The van der Waals surface area contributed by atoms with Crippen LogP contribution < -0.4 is 19.6 Å². The number of fused-ring (bicyclic) bond motifs is 1. The smallest absolute Gasteiger partial charge is 0.434 e. The number of carbonyl (C=O) groups is 1. The van der Waals surface area contributed by atoms with Crippen molar-refractivity contribution < 1.29 is 32.4 Å². The highest BCUT2D eigenvalue weighted by Crippen LogP contribution is 2.39. The van der Waals surface area contributed by atoms with Crippen LogP contribution in [-0.2, 0) is 16.1 Å². The summed E-state index contributed by atoms with van der Waals surface area (Å²) >= 11 is 12.3. The minimum atomic E-state index is -5.02. The highest BCUT2D eigenvalue weighted by molar-refractivity contribution is 14.1. The molecule has 16 heteroatoms. The maximum atomic E-state index is 14.3. The summed E-state index contributed by atoms with van der Waals surface area (Å²) in [5, 5.41) is 11.2. The molecule has 1 aromatic heterocycles. The van der Waals surface area contributed by atoms with Gasteiger partial charge in [0.25, 0.3) is 11.2 Å². The van der Waals surface area contributed by atoms with E-state index in [1.165, 1.54) is 49.4 Å². The second kappa shape index (κ2) is 13.7. The van der Waals surface area contributed by atoms with Crippen LogP contribution in [0.1, 0.15) is 29.7 Å². The standard InChI is InChI=1S/C30H19BrClF3IN3O6S/c1-2-44-28(41)23-24(17-5-7-18(32)8-6-17)38-27(40)22(46-29(38)37-26(23)30(33,34)35)13-16-11-20(31)25(21(36)12-16)45-14-15-3-9-19(10-4-15)39(42)43/h3-13,24H,2,14H2,1H3/b22-13-/t24-/m0/s1. The maximum absolute atomic E-state index is 14.3. The van der Waals surface area contributed by atoms with E-state index in [4.69, 9.17) is 21.1 Å². The highest BCUT2D eigenvalue weighted by Gasteiger charge is 2.45. The van der Waals surface area contributed by atoms with Gasteiger partial charge in [-0.2, -0.15) is 13.2 Å². The molecule has 0 saturated carbocycles. The lowest BCUT2D eigenvalue weighted by molar-refractivity contribution is -0.384. The molecule has 46 heavy (non-hydrogen) atoms. The first kappa shape index (κ1) is 33.8. The lowest BCUT2D eigenvalue weighted by atomic mass is 9.95. The summed E-state index contributed by atoms with van der Waals surface area (Å²) in [6.07, 6.45) is -3.51. The second-order valence-electron chi connectivity index (χ2n) is 9.64. The molecule has 0 aliphatic carbocycles. The molecule has 4 aromatic rings. The number of nitro benzene ring substituents is 1. The quantitative estimate of drug-likeness (QED) is 0.0831. The zero-order chi connectivity index (χ0) is 33.3. The zero-order valence-electron chi connectivity index (χ0n) is 23.3. The van der Waals surface area contributed by atoms with Crippen molar-refractivity contribution in [3.05, 3.63) is 131 Å². The lowest BCUT2D eigenvalue weighted by Crippen LogP contribution is -2.41. The van der Waals surface area contributed by atoms with Crippen molar-refractivity contribution >= 4 is 79.2 Å². The molecule has 0 fully saturated rings. The number of aromatic nitrogens is 1. The highest BCUT2D eigenvalue weighted by atomic mass is 127. The number of esters is 1. The minimum absolute atomic E-state index is 0.0413. The van der Waals surface area contributed by atoms with Gasteiger partial charge in [-0.05, 0) is 105 Å². The minimum Gasteiger partial charge on any atom is -0.487 e. The third-order valence-corrected chi connectivity index (χ3v) is 9.25. The van der Waals surface area contributed by atoms with Crippen molar-refractivity contribution in [1.29, 1.82) is 0 Å². The van der Waals surface area contributed by atoms with E-state index in [1.54, 1.807) is 24.3 Å². The molecule has 1 aliphatic rings. The molecule has 0 radical (unpaired) electrons. The number of hydrogen-bond acceptors (Lipinski definition) is 8. The number of nitro groups is 1. The molecule has 0 amide bonds. The Balaban J connectivity index is 1.57. The van der Waals surface area contributed by atoms with Crippen molar-refractivity contribution in [2.45, 2.75) is 25.7 Å². The molecular formula is C30H19BrClF3IN3O6S. The summed E-state index contributed by atoms with van der Waals surface area (Å²) in [5.74, 6) is -0.759. The van der Waals surface area contributed by atoms with Crippen LogP contribution in [0.5, 0.6) is 5.75 Å². The Labute approximate surface area is 289 Å². The average Bonchev–Trinajstić information content (AvgIpc) is 3.30. The summed E-state index contributed by atoms with van der Waals surface area (Å²) < 4.78 is 56.2. The van der Waals surface area contributed by atoms with Gasteiger partial charge in [0, 0.05) is 17.2 Å². The molecule has 238 valence electrons. The van der Waals surface area contributed by atoms with Crippen LogP contribution >= 0.6 is 61.5 Å². The monoisotopic (exact) mass is 847 g/mol. The van der Waals surface area contributed by atoms with E-state index in [0.717, 1.165) is 15.9 Å². The summed E-state index contributed by atoms with van der Waals surface area (Å²) in [6, 6.07) is 13.6. The lowest BCUT2D eigenvalue weighted by Gasteiger charge is -2.26. The Morgan fingerprint density at radius 1 is 1.20 bits per heavy atom. The molecule has 0 saturated heterocycles. The van der Waals surface area contributed by atoms with Crippen molar-refractivity contribution in [3.63, 3.8) is 0 Å². The Morgan fingerprint density at radius 2 is 1.87 bits per heavy atom. The van der Waals surface area contributed by atoms with Gasteiger partial charge in [0.15, 0.2) is 10.5 Å². The van der Waals surface area contributed by atoms with Gasteiger partial charge in [-0.3, -0.25) is 19.5 Å². The van der Waals surface area contributed by atoms with Crippen molar-refractivity contribution in [1.82, 2.24) is 4.57 Å². The Morgan fingerprint density at radius 3 is 2.46 bits per heavy atom. The largest absolute Gasteiger partial charge is 0.487 e. The SMILES string of the molecule is CCOC(=O)C1=C(C(F)(F)F)N=c2s/c(=C\c3cc(Br)c(OCc4ccc([N+](=O)[O-])cc4)c(I)c3)c(=O)n2[C@H]1c1ccc(Cl)cc1. The first-order valence-electron chi connectivity index (χ1n) is 13.2. The molecule has 1 aliphatic heterocycles. The predicted octanol–water partition coefficient (Wildman–Crippen LogP) is 6.85. The normalized spacial score (nSPS) is 14.9. The molecule has 2 heterocycles. The van der Waals surface area contributed by atoms with Gasteiger partial charge in [-0.15, -0.1) is 0 Å². The van der Waals surface area contributed by atoms with Crippen molar-refractivity contribution in [3.8, 4) is 5.75 Å². The van der Waals surface area contributed by atoms with E-state index in [0.29, 0.717) is 29.9 Å². The fourth-order valence-electron chi connectivity index (χ4n) is 4.62. The summed E-state index contributed by atoms with van der Waals surface area (Å²) in [7, 11) is 0. The third kappa shape index (κ3) is 7.06. The van der Waals surface area contributed by atoms with E-state index in [-0.39, 0.29) is 33.8 Å². The number of hydrogen-bond donors (Lipinski definition) is 0. The van der Waals surface area contributed by atoms with Crippen molar-refractivity contribution in [2.24, 2.45) is 4.99 Å². The molecule has 9 nitrogen and oxygen atoms in total. The van der Waals surface area contributed by atoms with Crippen LogP contribution in [0.15, 0.2) is 86.2 Å². The van der Waals surface area contributed by atoms with E-state index < -0.39 is 39.9 Å². The van der Waals surface area contributed by atoms with E-state index >= 15 is 0 Å². The van der Waals surface area contributed by atoms with Crippen LogP contribution in [0.2, 0.25) is 5.02 Å². The topological polar surface area (TPSA) is 113 Å². The summed E-state index contributed by atoms with van der Waals surface area (Å²) in [4.78, 5) is 40.7. The molecule has 0 spiro atoms.